The Morgan fingerprint density at radius 3 is 2.83 bits per heavy atom. The van der Waals surface area contributed by atoms with Crippen LogP contribution in [0.2, 0.25) is 0 Å². The predicted octanol–water partition coefficient (Wildman–Crippen LogP) is 1.80. The molecule has 1 amide bonds. The summed E-state index contributed by atoms with van der Waals surface area (Å²) in [5, 5.41) is 3.42. The molecule has 0 radical (unpaired) electrons. The molecule has 0 aromatic heterocycles. The van der Waals surface area contributed by atoms with Crippen molar-refractivity contribution >= 4 is 5.91 Å². The molecule has 3 nitrogen and oxygen atoms in total. The molecular weight excluding hydrogens is 224 g/mol. The second-order valence-corrected chi connectivity index (χ2v) is 6.01. The van der Waals surface area contributed by atoms with Crippen LogP contribution in [0, 0.1) is 17.8 Å². The van der Waals surface area contributed by atoms with Crippen molar-refractivity contribution < 1.29 is 4.79 Å². The number of nitrogens with zero attached hydrogens (tertiary/aromatic N) is 1. The van der Waals surface area contributed by atoms with Gasteiger partial charge in [0.2, 0.25) is 5.91 Å². The van der Waals surface area contributed by atoms with Gasteiger partial charge in [-0.1, -0.05) is 12.2 Å². The largest absolute Gasteiger partial charge is 0.338 e. The predicted molar refractivity (Wildman–Crippen MR) is 72.1 cm³/mol. The van der Waals surface area contributed by atoms with Crippen LogP contribution in [-0.4, -0.2) is 36.5 Å². The molecule has 4 atom stereocenters. The Balaban J connectivity index is 1.67. The number of piperidine rings is 1. The summed E-state index contributed by atoms with van der Waals surface area (Å²) in [7, 11) is 0. The molecule has 2 aliphatic carbocycles. The normalized spacial score (nSPS) is 38.1. The van der Waals surface area contributed by atoms with Crippen molar-refractivity contribution in [1.82, 2.24) is 10.2 Å². The van der Waals surface area contributed by atoms with E-state index in [2.05, 4.69) is 29.3 Å². The Morgan fingerprint density at radius 1 is 1.39 bits per heavy atom. The minimum absolute atomic E-state index is 0.280. The SMILES string of the molecule is CCN(C(=O)C1CC2C=CC1C2)C1CCCNC1. The zero-order valence-corrected chi connectivity index (χ0v) is 11.3. The summed E-state index contributed by atoms with van der Waals surface area (Å²) in [4.78, 5) is 14.9. The summed E-state index contributed by atoms with van der Waals surface area (Å²) in [6.07, 6.45) is 9.28. The van der Waals surface area contributed by atoms with Gasteiger partial charge >= 0.3 is 0 Å². The minimum Gasteiger partial charge on any atom is -0.338 e. The van der Waals surface area contributed by atoms with E-state index in [1.54, 1.807) is 0 Å². The Labute approximate surface area is 110 Å². The van der Waals surface area contributed by atoms with Gasteiger partial charge in [-0.05, 0) is 51.0 Å². The summed E-state index contributed by atoms with van der Waals surface area (Å²) in [5.74, 6) is 1.92. The van der Waals surface area contributed by atoms with Crippen LogP contribution in [0.4, 0.5) is 0 Å². The number of hydrogen-bond donors (Lipinski definition) is 1. The first-order chi connectivity index (χ1) is 8.79. The van der Waals surface area contributed by atoms with Crippen molar-refractivity contribution in [2.24, 2.45) is 17.8 Å². The molecule has 2 bridgehead atoms. The van der Waals surface area contributed by atoms with Crippen LogP contribution in [0.3, 0.4) is 0 Å². The van der Waals surface area contributed by atoms with Gasteiger partial charge in [0.05, 0.1) is 0 Å². The van der Waals surface area contributed by atoms with Crippen LogP contribution in [0.5, 0.6) is 0 Å². The number of carbonyl (C=O) groups excluding carboxylic acids is 1. The molecule has 1 heterocycles. The third-order valence-electron chi connectivity index (χ3n) is 4.93. The Hall–Kier alpha value is -0.830. The van der Waals surface area contributed by atoms with Gasteiger partial charge in [0.1, 0.15) is 0 Å². The number of amides is 1. The maximum atomic E-state index is 12.7. The van der Waals surface area contributed by atoms with E-state index in [0.29, 0.717) is 23.8 Å². The molecule has 0 aromatic carbocycles. The van der Waals surface area contributed by atoms with Crippen molar-refractivity contribution in [1.29, 1.82) is 0 Å². The van der Waals surface area contributed by atoms with Crippen LogP contribution >= 0.6 is 0 Å². The van der Waals surface area contributed by atoms with E-state index in [1.807, 2.05) is 0 Å². The van der Waals surface area contributed by atoms with Gasteiger partial charge in [0.15, 0.2) is 0 Å². The van der Waals surface area contributed by atoms with Crippen LogP contribution in [0.1, 0.15) is 32.6 Å². The highest BCUT2D eigenvalue weighted by Crippen LogP contribution is 2.44. The number of fused-ring (bicyclic) bond motifs is 2. The fourth-order valence-corrected chi connectivity index (χ4v) is 3.97. The van der Waals surface area contributed by atoms with Crippen molar-refractivity contribution in [3.05, 3.63) is 12.2 Å². The molecule has 0 aromatic rings. The molecular formula is C15H24N2O. The van der Waals surface area contributed by atoms with Gasteiger partial charge in [-0.3, -0.25) is 4.79 Å². The third-order valence-corrected chi connectivity index (χ3v) is 4.93. The van der Waals surface area contributed by atoms with E-state index in [9.17, 15) is 4.79 Å². The van der Waals surface area contributed by atoms with Crippen LogP contribution in [-0.2, 0) is 4.79 Å². The fraction of sp³-hybridized carbons (Fsp3) is 0.800. The van der Waals surface area contributed by atoms with Gasteiger partial charge in [-0.15, -0.1) is 0 Å². The standard InChI is InChI=1S/C15H24N2O/c1-2-17(13-4-3-7-16-10-13)15(18)14-9-11-5-6-12(14)8-11/h5-6,11-14,16H,2-4,7-10H2,1H3. The number of rotatable bonds is 3. The lowest BCUT2D eigenvalue weighted by Crippen LogP contribution is -2.50. The number of allylic oxidation sites excluding steroid dienone is 2. The topological polar surface area (TPSA) is 32.3 Å². The number of carbonyl (C=O) groups is 1. The molecule has 4 unspecified atom stereocenters. The average molecular weight is 248 g/mol. The van der Waals surface area contributed by atoms with Gasteiger partial charge in [0.25, 0.3) is 0 Å². The van der Waals surface area contributed by atoms with E-state index in [1.165, 1.54) is 19.3 Å². The first-order valence-corrected chi connectivity index (χ1v) is 7.49. The Morgan fingerprint density at radius 2 is 2.28 bits per heavy atom. The molecule has 18 heavy (non-hydrogen) atoms. The molecule has 3 heteroatoms. The lowest BCUT2D eigenvalue weighted by Gasteiger charge is -2.36. The highest BCUT2D eigenvalue weighted by molar-refractivity contribution is 5.80. The van der Waals surface area contributed by atoms with Crippen LogP contribution < -0.4 is 5.32 Å². The van der Waals surface area contributed by atoms with Crippen molar-refractivity contribution in [2.75, 3.05) is 19.6 Å². The highest BCUT2D eigenvalue weighted by atomic mass is 16.2. The average Bonchev–Trinajstić information content (AvgIpc) is 3.03. The van der Waals surface area contributed by atoms with Crippen molar-refractivity contribution in [2.45, 2.75) is 38.6 Å². The first kappa shape index (κ1) is 12.2. The minimum atomic E-state index is 0.280. The van der Waals surface area contributed by atoms with Gasteiger partial charge in [-0.25, -0.2) is 0 Å². The van der Waals surface area contributed by atoms with Gasteiger partial charge in [-0.2, -0.15) is 0 Å². The molecule has 3 rings (SSSR count). The number of hydrogen-bond acceptors (Lipinski definition) is 2. The zero-order valence-electron chi connectivity index (χ0n) is 11.3. The van der Waals surface area contributed by atoms with E-state index in [4.69, 9.17) is 0 Å². The summed E-state index contributed by atoms with van der Waals surface area (Å²) < 4.78 is 0. The maximum Gasteiger partial charge on any atom is 0.226 e. The molecule has 1 aliphatic heterocycles. The van der Waals surface area contributed by atoms with Crippen LogP contribution in [0.15, 0.2) is 12.2 Å². The monoisotopic (exact) mass is 248 g/mol. The van der Waals surface area contributed by atoms with Crippen LogP contribution in [0.25, 0.3) is 0 Å². The molecule has 0 spiro atoms. The fourth-order valence-electron chi connectivity index (χ4n) is 3.97. The molecule has 1 N–H and O–H groups in total. The summed E-state index contributed by atoms with van der Waals surface area (Å²) in [5.41, 5.74) is 0. The highest BCUT2D eigenvalue weighted by Gasteiger charge is 2.42. The third kappa shape index (κ3) is 2.09. The van der Waals surface area contributed by atoms with Gasteiger partial charge < -0.3 is 10.2 Å². The lowest BCUT2D eigenvalue weighted by molar-refractivity contribution is -0.138. The van der Waals surface area contributed by atoms with E-state index < -0.39 is 0 Å². The quantitative estimate of drug-likeness (QED) is 0.772. The Kier molecular flexibility index (Phi) is 3.42. The number of likely N-dealkylation sites (N-methyl/N-ethyl adjacent to an activating group) is 1. The summed E-state index contributed by atoms with van der Waals surface area (Å²) >= 11 is 0. The lowest BCUT2D eigenvalue weighted by atomic mass is 9.91. The van der Waals surface area contributed by atoms with Crippen molar-refractivity contribution in [3.63, 3.8) is 0 Å². The maximum absolute atomic E-state index is 12.7. The molecule has 100 valence electrons. The van der Waals surface area contributed by atoms with Crippen molar-refractivity contribution in [3.8, 4) is 0 Å². The van der Waals surface area contributed by atoms with Gasteiger partial charge in [0, 0.05) is 25.0 Å². The Bertz CT molecular complexity index is 346. The molecule has 1 saturated carbocycles. The number of nitrogens with one attached hydrogen (secondary N) is 1. The summed E-state index contributed by atoms with van der Waals surface area (Å²) in [6, 6.07) is 0.430. The zero-order chi connectivity index (χ0) is 12.5. The van der Waals surface area contributed by atoms with E-state index in [-0.39, 0.29) is 5.92 Å². The second kappa shape index (κ2) is 5.04. The summed E-state index contributed by atoms with van der Waals surface area (Å²) in [6.45, 7) is 5.08. The molecule has 1 saturated heterocycles. The smallest absolute Gasteiger partial charge is 0.226 e. The second-order valence-electron chi connectivity index (χ2n) is 6.01. The van der Waals surface area contributed by atoms with E-state index >= 15 is 0 Å². The first-order valence-electron chi connectivity index (χ1n) is 7.49. The molecule has 3 aliphatic rings. The van der Waals surface area contributed by atoms with E-state index in [0.717, 1.165) is 26.1 Å². The molecule has 2 fully saturated rings.